The molecule has 0 radical (unpaired) electrons. The van der Waals surface area contributed by atoms with E-state index in [0.717, 1.165) is 11.1 Å². The molecule has 0 saturated heterocycles. The summed E-state index contributed by atoms with van der Waals surface area (Å²) in [5.74, 6) is -0.768. The highest BCUT2D eigenvalue weighted by Crippen LogP contribution is 2.19. The number of hydrogen-bond donors (Lipinski definition) is 3. The summed E-state index contributed by atoms with van der Waals surface area (Å²) in [5, 5.41) is 2.55. The molecular formula is C16H16N2O2S. The van der Waals surface area contributed by atoms with Crippen LogP contribution in [0.25, 0.3) is 11.1 Å². The van der Waals surface area contributed by atoms with Gasteiger partial charge in [-0.1, -0.05) is 42.5 Å². The maximum Gasteiger partial charge on any atom is 0.251 e. The molecule has 4 nitrogen and oxygen atoms in total. The molecule has 2 aromatic rings. The summed E-state index contributed by atoms with van der Waals surface area (Å²) < 4.78 is 0. The largest absolute Gasteiger partial charge is 0.368 e. The minimum atomic E-state index is -0.769. The predicted molar refractivity (Wildman–Crippen MR) is 86.2 cm³/mol. The van der Waals surface area contributed by atoms with Crippen molar-refractivity contribution in [3.05, 3.63) is 60.2 Å². The van der Waals surface area contributed by atoms with Crippen LogP contribution < -0.4 is 11.1 Å². The summed E-state index contributed by atoms with van der Waals surface area (Å²) >= 11 is 3.99. The maximum absolute atomic E-state index is 12.0. The molecule has 0 saturated carbocycles. The summed E-state index contributed by atoms with van der Waals surface area (Å²) in [5.41, 5.74) is 7.75. The topological polar surface area (TPSA) is 72.2 Å². The lowest BCUT2D eigenvalue weighted by Crippen LogP contribution is -2.45. The van der Waals surface area contributed by atoms with E-state index < -0.39 is 11.9 Å². The number of carbonyl (C=O) groups is 2. The maximum atomic E-state index is 12.0. The molecule has 108 valence electrons. The number of thiol groups is 1. The van der Waals surface area contributed by atoms with Gasteiger partial charge in [-0.05, 0) is 23.3 Å². The fraction of sp³-hybridized carbons (Fsp3) is 0.125. The van der Waals surface area contributed by atoms with Crippen molar-refractivity contribution in [2.75, 3.05) is 5.75 Å². The molecule has 2 amide bonds. The van der Waals surface area contributed by atoms with Crippen LogP contribution in [-0.4, -0.2) is 23.6 Å². The van der Waals surface area contributed by atoms with Gasteiger partial charge in [-0.15, -0.1) is 0 Å². The highest BCUT2D eigenvalue weighted by atomic mass is 32.1. The molecule has 5 heteroatoms. The molecule has 0 aromatic heterocycles. The third-order valence-electron chi connectivity index (χ3n) is 3.09. The summed E-state index contributed by atoms with van der Waals surface area (Å²) in [6, 6.07) is 16.3. The van der Waals surface area contributed by atoms with Gasteiger partial charge in [0.05, 0.1) is 0 Å². The standard InChI is InChI=1S/C16H16N2O2S/c17-15(19)14(10-21)18-16(20)13-8-6-12(7-9-13)11-4-2-1-3-5-11/h1-9,14,21H,10H2,(H2,17,19)(H,18,20). The molecule has 0 fully saturated rings. The van der Waals surface area contributed by atoms with Crippen molar-refractivity contribution in [3.8, 4) is 11.1 Å². The molecule has 0 spiro atoms. The zero-order chi connectivity index (χ0) is 15.2. The smallest absolute Gasteiger partial charge is 0.251 e. The van der Waals surface area contributed by atoms with Crippen LogP contribution in [-0.2, 0) is 4.79 Å². The van der Waals surface area contributed by atoms with Crippen LogP contribution >= 0.6 is 12.6 Å². The van der Waals surface area contributed by atoms with Gasteiger partial charge in [0.15, 0.2) is 0 Å². The van der Waals surface area contributed by atoms with E-state index in [0.29, 0.717) is 5.56 Å². The first-order chi connectivity index (χ1) is 10.1. The Hall–Kier alpha value is -2.27. The first kappa shape index (κ1) is 15.1. The molecule has 0 heterocycles. The Labute approximate surface area is 128 Å². The number of hydrogen-bond acceptors (Lipinski definition) is 3. The van der Waals surface area contributed by atoms with Gasteiger partial charge < -0.3 is 11.1 Å². The van der Waals surface area contributed by atoms with E-state index in [9.17, 15) is 9.59 Å². The number of amides is 2. The van der Waals surface area contributed by atoms with E-state index in [1.807, 2.05) is 42.5 Å². The van der Waals surface area contributed by atoms with E-state index in [2.05, 4.69) is 17.9 Å². The molecular weight excluding hydrogens is 284 g/mol. The average Bonchev–Trinajstić information content (AvgIpc) is 2.53. The Morgan fingerprint density at radius 2 is 1.57 bits per heavy atom. The van der Waals surface area contributed by atoms with Crippen molar-refractivity contribution in [2.24, 2.45) is 5.73 Å². The number of rotatable bonds is 5. The van der Waals surface area contributed by atoms with Crippen LogP contribution in [0, 0.1) is 0 Å². The van der Waals surface area contributed by atoms with Crippen LogP contribution in [0.5, 0.6) is 0 Å². The van der Waals surface area contributed by atoms with Gasteiger partial charge in [-0.2, -0.15) is 12.6 Å². The third kappa shape index (κ3) is 3.86. The molecule has 2 aromatic carbocycles. The third-order valence-corrected chi connectivity index (χ3v) is 3.45. The monoisotopic (exact) mass is 300 g/mol. The van der Waals surface area contributed by atoms with Crippen molar-refractivity contribution in [1.29, 1.82) is 0 Å². The highest BCUT2D eigenvalue weighted by Gasteiger charge is 2.17. The fourth-order valence-corrected chi connectivity index (χ4v) is 2.16. The zero-order valence-corrected chi connectivity index (χ0v) is 12.2. The van der Waals surface area contributed by atoms with Crippen molar-refractivity contribution in [3.63, 3.8) is 0 Å². The number of nitrogens with one attached hydrogen (secondary N) is 1. The van der Waals surface area contributed by atoms with Gasteiger partial charge in [0.2, 0.25) is 5.91 Å². The summed E-state index contributed by atoms with van der Waals surface area (Å²) in [7, 11) is 0. The van der Waals surface area contributed by atoms with Crippen LogP contribution in [0.15, 0.2) is 54.6 Å². The van der Waals surface area contributed by atoms with Crippen LogP contribution in [0.2, 0.25) is 0 Å². The fourth-order valence-electron chi connectivity index (χ4n) is 1.89. The van der Waals surface area contributed by atoms with Gasteiger partial charge in [-0.3, -0.25) is 9.59 Å². The Morgan fingerprint density at radius 1 is 1.00 bits per heavy atom. The molecule has 1 unspecified atom stereocenters. The average molecular weight is 300 g/mol. The molecule has 2 rings (SSSR count). The van der Waals surface area contributed by atoms with Crippen molar-refractivity contribution in [1.82, 2.24) is 5.32 Å². The van der Waals surface area contributed by atoms with Gasteiger partial charge in [0, 0.05) is 11.3 Å². The predicted octanol–water partition coefficient (Wildman–Crippen LogP) is 1.87. The molecule has 0 bridgehead atoms. The van der Waals surface area contributed by atoms with Crippen molar-refractivity contribution in [2.45, 2.75) is 6.04 Å². The minimum Gasteiger partial charge on any atom is -0.368 e. The van der Waals surface area contributed by atoms with Crippen LogP contribution in [0.3, 0.4) is 0 Å². The summed E-state index contributed by atoms with van der Waals surface area (Å²) in [6.07, 6.45) is 0. The first-order valence-electron chi connectivity index (χ1n) is 6.48. The van der Waals surface area contributed by atoms with E-state index in [1.165, 1.54) is 0 Å². The van der Waals surface area contributed by atoms with Crippen LogP contribution in [0.1, 0.15) is 10.4 Å². The summed E-state index contributed by atoms with van der Waals surface area (Å²) in [4.78, 5) is 23.1. The summed E-state index contributed by atoms with van der Waals surface area (Å²) in [6.45, 7) is 0. The van der Waals surface area contributed by atoms with E-state index in [4.69, 9.17) is 5.73 Å². The van der Waals surface area contributed by atoms with E-state index >= 15 is 0 Å². The zero-order valence-electron chi connectivity index (χ0n) is 11.3. The van der Waals surface area contributed by atoms with Crippen LogP contribution in [0.4, 0.5) is 0 Å². The number of carbonyl (C=O) groups excluding carboxylic acids is 2. The second-order valence-corrected chi connectivity index (χ2v) is 4.92. The first-order valence-corrected chi connectivity index (χ1v) is 7.11. The second kappa shape index (κ2) is 6.95. The SMILES string of the molecule is NC(=O)C(CS)NC(=O)c1ccc(-c2ccccc2)cc1. The molecule has 0 aliphatic heterocycles. The van der Waals surface area contributed by atoms with E-state index in [-0.39, 0.29) is 11.7 Å². The number of nitrogens with two attached hydrogens (primary N) is 1. The minimum absolute atomic E-state index is 0.170. The normalized spacial score (nSPS) is 11.7. The molecule has 21 heavy (non-hydrogen) atoms. The Morgan fingerprint density at radius 3 is 2.10 bits per heavy atom. The van der Waals surface area contributed by atoms with Gasteiger partial charge in [-0.25, -0.2) is 0 Å². The van der Waals surface area contributed by atoms with Gasteiger partial charge in [0.1, 0.15) is 6.04 Å². The molecule has 3 N–H and O–H groups in total. The Bertz CT molecular complexity index is 626. The lowest BCUT2D eigenvalue weighted by Gasteiger charge is -2.13. The number of primary amides is 1. The van der Waals surface area contributed by atoms with Crippen molar-refractivity contribution < 1.29 is 9.59 Å². The molecule has 0 aliphatic carbocycles. The lowest BCUT2D eigenvalue weighted by atomic mass is 10.0. The quantitative estimate of drug-likeness (QED) is 0.738. The highest BCUT2D eigenvalue weighted by molar-refractivity contribution is 7.80. The Balaban J connectivity index is 2.12. The van der Waals surface area contributed by atoms with E-state index in [1.54, 1.807) is 12.1 Å². The number of benzene rings is 2. The van der Waals surface area contributed by atoms with Gasteiger partial charge in [0.25, 0.3) is 5.91 Å². The van der Waals surface area contributed by atoms with Gasteiger partial charge >= 0.3 is 0 Å². The second-order valence-electron chi connectivity index (χ2n) is 4.55. The molecule has 0 aliphatic rings. The lowest BCUT2D eigenvalue weighted by molar-refractivity contribution is -0.119. The van der Waals surface area contributed by atoms with Crippen molar-refractivity contribution >= 4 is 24.4 Å². The Kier molecular flexibility index (Phi) is 5.00. The molecule has 1 atom stereocenters.